The van der Waals surface area contributed by atoms with Gasteiger partial charge in [-0.1, -0.05) is 30.7 Å². The van der Waals surface area contributed by atoms with E-state index in [2.05, 4.69) is 30.1 Å². The van der Waals surface area contributed by atoms with Gasteiger partial charge in [-0.3, -0.25) is 0 Å². The fourth-order valence-electron chi connectivity index (χ4n) is 2.62. The molecule has 0 aliphatic carbocycles. The zero-order valence-corrected chi connectivity index (χ0v) is 11.4. The summed E-state index contributed by atoms with van der Waals surface area (Å²) in [6.07, 6.45) is 2.41. The summed E-state index contributed by atoms with van der Waals surface area (Å²) < 4.78 is 0. The molecular formula is C14H21ClN2. The molecule has 0 unspecified atom stereocenters. The lowest BCUT2D eigenvalue weighted by Crippen LogP contribution is -2.42. The van der Waals surface area contributed by atoms with E-state index in [1.54, 1.807) is 0 Å². The molecule has 0 radical (unpaired) electrons. The van der Waals surface area contributed by atoms with Gasteiger partial charge < -0.3 is 10.2 Å². The van der Waals surface area contributed by atoms with Crippen LogP contribution in [0.4, 0.5) is 5.69 Å². The summed E-state index contributed by atoms with van der Waals surface area (Å²) in [5, 5.41) is 4.41. The third-order valence-corrected chi connectivity index (χ3v) is 3.80. The lowest BCUT2D eigenvalue weighted by molar-refractivity contribution is 0.423. The quantitative estimate of drug-likeness (QED) is 0.889. The maximum Gasteiger partial charge on any atom is 0.0642 e. The van der Waals surface area contributed by atoms with Gasteiger partial charge in [0.1, 0.15) is 0 Å². The lowest BCUT2D eigenvalue weighted by Gasteiger charge is -2.35. The number of nitrogens with zero attached hydrogens (tertiary/aromatic N) is 1. The van der Waals surface area contributed by atoms with E-state index in [1.165, 1.54) is 24.1 Å². The van der Waals surface area contributed by atoms with E-state index in [4.69, 9.17) is 11.6 Å². The van der Waals surface area contributed by atoms with Crippen LogP contribution in [-0.4, -0.2) is 25.7 Å². The maximum absolute atomic E-state index is 6.30. The van der Waals surface area contributed by atoms with Crippen molar-refractivity contribution in [1.82, 2.24) is 5.32 Å². The minimum absolute atomic E-state index is 0.680. The maximum atomic E-state index is 6.30. The van der Waals surface area contributed by atoms with Crippen molar-refractivity contribution in [3.05, 3.63) is 28.8 Å². The summed E-state index contributed by atoms with van der Waals surface area (Å²) >= 11 is 6.30. The van der Waals surface area contributed by atoms with E-state index in [9.17, 15) is 0 Å². The standard InChI is InChI=1S/C14H21ClN2/c1-3-16-12-7-9-17(10-8-12)14-11(2)5-4-6-13(14)15/h4-6,12,16H,3,7-10H2,1-2H3. The minimum Gasteiger partial charge on any atom is -0.370 e. The van der Waals surface area contributed by atoms with Gasteiger partial charge in [0.2, 0.25) is 0 Å². The normalized spacial score (nSPS) is 17.5. The van der Waals surface area contributed by atoms with Gasteiger partial charge in [0.05, 0.1) is 10.7 Å². The number of hydrogen-bond acceptors (Lipinski definition) is 2. The second-order valence-electron chi connectivity index (χ2n) is 4.72. The van der Waals surface area contributed by atoms with Crippen LogP contribution in [0.5, 0.6) is 0 Å². The molecule has 1 aliphatic heterocycles. The first-order chi connectivity index (χ1) is 8.22. The minimum atomic E-state index is 0.680. The van der Waals surface area contributed by atoms with E-state index in [0.717, 1.165) is 24.7 Å². The number of rotatable bonds is 3. The van der Waals surface area contributed by atoms with Crippen LogP contribution in [0, 0.1) is 6.92 Å². The fourth-order valence-corrected chi connectivity index (χ4v) is 2.96. The van der Waals surface area contributed by atoms with Crippen LogP contribution >= 0.6 is 11.6 Å². The molecule has 1 fully saturated rings. The molecule has 1 N–H and O–H groups in total. The molecule has 2 nitrogen and oxygen atoms in total. The van der Waals surface area contributed by atoms with Gasteiger partial charge in [-0.15, -0.1) is 0 Å². The Kier molecular flexibility index (Phi) is 4.30. The fraction of sp³-hybridized carbons (Fsp3) is 0.571. The lowest BCUT2D eigenvalue weighted by atomic mass is 10.0. The van der Waals surface area contributed by atoms with E-state index in [0.29, 0.717) is 6.04 Å². The molecule has 17 heavy (non-hydrogen) atoms. The molecular weight excluding hydrogens is 232 g/mol. The van der Waals surface area contributed by atoms with Crippen LogP contribution in [0.25, 0.3) is 0 Å². The van der Waals surface area contributed by atoms with Gasteiger partial charge in [-0.25, -0.2) is 0 Å². The number of anilines is 1. The molecule has 1 aromatic rings. The molecule has 1 aromatic carbocycles. The van der Waals surface area contributed by atoms with Crippen LogP contribution < -0.4 is 10.2 Å². The molecule has 1 heterocycles. The van der Waals surface area contributed by atoms with Crippen LogP contribution in [0.1, 0.15) is 25.3 Å². The van der Waals surface area contributed by atoms with Gasteiger partial charge in [0.15, 0.2) is 0 Å². The summed E-state index contributed by atoms with van der Waals surface area (Å²) in [7, 11) is 0. The zero-order valence-electron chi connectivity index (χ0n) is 10.7. The summed E-state index contributed by atoms with van der Waals surface area (Å²) in [5.41, 5.74) is 2.50. The number of para-hydroxylation sites is 1. The largest absolute Gasteiger partial charge is 0.370 e. The van der Waals surface area contributed by atoms with Gasteiger partial charge in [-0.05, 0) is 37.9 Å². The number of nitrogens with one attached hydrogen (secondary N) is 1. The van der Waals surface area contributed by atoms with Crippen molar-refractivity contribution in [2.45, 2.75) is 32.7 Å². The number of hydrogen-bond donors (Lipinski definition) is 1. The van der Waals surface area contributed by atoms with Gasteiger partial charge in [0, 0.05) is 19.1 Å². The molecule has 2 rings (SSSR count). The molecule has 0 amide bonds. The molecule has 0 aromatic heterocycles. The molecule has 3 heteroatoms. The molecule has 1 saturated heterocycles. The summed E-state index contributed by atoms with van der Waals surface area (Å²) in [6, 6.07) is 6.82. The molecule has 1 aliphatic rings. The Morgan fingerprint density at radius 3 is 2.65 bits per heavy atom. The van der Waals surface area contributed by atoms with Crippen molar-refractivity contribution < 1.29 is 0 Å². The smallest absolute Gasteiger partial charge is 0.0642 e. The Hall–Kier alpha value is -0.730. The van der Waals surface area contributed by atoms with Crippen LogP contribution in [0.2, 0.25) is 5.02 Å². The summed E-state index contributed by atoms with van der Waals surface area (Å²) in [6.45, 7) is 7.57. The second kappa shape index (κ2) is 5.74. The SMILES string of the molecule is CCNC1CCN(c2c(C)cccc2Cl)CC1. The molecule has 0 bridgehead atoms. The third-order valence-electron chi connectivity index (χ3n) is 3.49. The first kappa shape index (κ1) is 12.7. The van der Waals surface area contributed by atoms with E-state index in [-0.39, 0.29) is 0 Å². The van der Waals surface area contributed by atoms with Crippen molar-refractivity contribution in [3.63, 3.8) is 0 Å². The predicted octanol–water partition coefficient (Wildman–Crippen LogP) is 3.23. The van der Waals surface area contributed by atoms with Crippen LogP contribution in [-0.2, 0) is 0 Å². The Bertz CT molecular complexity index is 350. The van der Waals surface area contributed by atoms with E-state index < -0.39 is 0 Å². The van der Waals surface area contributed by atoms with Crippen molar-refractivity contribution in [2.75, 3.05) is 24.5 Å². The number of benzene rings is 1. The Morgan fingerprint density at radius 2 is 2.06 bits per heavy atom. The highest BCUT2D eigenvalue weighted by Crippen LogP contribution is 2.31. The van der Waals surface area contributed by atoms with Gasteiger partial charge >= 0.3 is 0 Å². The molecule has 94 valence electrons. The monoisotopic (exact) mass is 252 g/mol. The highest BCUT2D eigenvalue weighted by atomic mass is 35.5. The van der Waals surface area contributed by atoms with Crippen molar-refractivity contribution >= 4 is 17.3 Å². The highest BCUT2D eigenvalue weighted by Gasteiger charge is 2.20. The highest BCUT2D eigenvalue weighted by molar-refractivity contribution is 6.33. The second-order valence-corrected chi connectivity index (χ2v) is 5.13. The number of piperidine rings is 1. The van der Waals surface area contributed by atoms with Crippen LogP contribution in [0.3, 0.4) is 0 Å². The average molecular weight is 253 g/mol. The first-order valence-corrected chi connectivity index (χ1v) is 6.83. The van der Waals surface area contributed by atoms with Crippen molar-refractivity contribution in [1.29, 1.82) is 0 Å². The topological polar surface area (TPSA) is 15.3 Å². The van der Waals surface area contributed by atoms with Crippen molar-refractivity contribution in [3.8, 4) is 0 Å². The first-order valence-electron chi connectivity index (χ1n) is 6.45. The average Bonchev–Trinajstić information content (AvgIpc) is 2.31. The molecule has 0 spiro atoms. The third kappa shape index (κ3) is 2.93. The number of aryl methyl sites for hydroxylation is 1. The Labute approximate surface area is 109 Å². The van der Waals surface area contributed by atoms with E-state index in [1.807, 2.05) is 12.1 Å². The zero-order chi connectivity index (χ0) is 12.3. The predicted molar refractivity (Wildman–Crippen MR) is 75.1 cm³/mol. The molecule has 0 atom stereocenters. The summed E-state index contributed by atoms with van der Waals surface area (Å²) in [4.78, 5) is 2.42. The van der Waals surface area contributed by atoms with Gasteiger partial charge in [0.25, 0.3) is 0 Å². The van der Waals surface area contributed by atoms with Crippen molar-refractivity contribution in [2.24, 2.45) is 0 Å². The van der Waals surface area contributed by atoms with Crippen LogP contribution in [0.15, 0.2) is 18.2 Å². The molecule has 0 saturated carbocycles. The Balaban J connectivity index is 2.05. The van der Waals surface area contributed by atoms with E-state index >= 15 is 0 Å². The van der Waals surface area contributed by atoms with Gasteiger partial charge in [-0.2, -0.15) is 0 Å². The Morgan fingerprint density at radius 1 is 1.35 bits per heavy atom. The summed E-state index contributed by atoms with van der Waals surface area (Å²) in [5.74, 6) is 0. The number of halogens is 1.